The summed E-state index contributed by atoms with van der Waals surface area (Å²) in [6.07, 6.45) is 22.9. The van der Waals surface area contributed by atoms with E-state index in [0.717, 1.165) is 0 Å². The van der Waals surface area contributed by atoms with Crippen LogP contribution in [0, 0.1) is 24.7 Å². The fourth-order valence-corrected chi connectivity index (χ4v) is 1.71. The molecule has 2 aliphatic rings. The van der Waals surface area contributed by atoms with Crippen molar-refractivity contribution in [3.05, 3.63) is 61.4 Å². The van der Waals surface area contributed by atoms with Gasteiger partial charge >= 0.3 is 0 Å². The monoisotopic (exact) mass is 259 g/mol. The molecule has 0 heterocycles. The van der Waals surface area contributed by atoms with Crippen molar-refractivity contribution >= 4 is 0 Å². The van der Waals surface area contributed by atoms with Gasteiger partial charge in [0.2, 0.25) is 0 Å². The van der Waals surface area contributed by atoms with Gasteiger partial charge in [-0.25, -0.2) is 37.1 Å². The predicted molar refractivity (Wildman–Crippen MR) is 56.8 cm³/mol. The molecule has 14 heavy (non-hydrogen) atoms. The molecule has 1 heteroatoms. The summed E-state index contributed by atoms with van der Waals surface area (Å²) >= 11 is 0. The van der Waals surface area contributed by atoms with Crippen LogP contribution in [0.5, 0.6) is 0 Å². The summed E-state index contributed by atoms with van der Waals surface area (Å²) in [5.41, 5.74) is 0. The summed E-state index contributed by atoms with van der Waals surface area (Å²) in [6.45, 7) is 0. The SMILES string of the molecule is C1=C[CH-]C(CC2C=CC=C[CH-]2)C=C1.[Y]. The summed E-state index contributed by atoms with van der Waals surface area (Å²) in [6, 6.07) is 0. The van der Waals surface area contributed by atoms with Gasteiger partial charge in [-0.1, -0.05) is 18.3 Å². The minimum Gasteiger partial charge on any atom is -0.228 e. The van der Waals surface area contributed by atoms with E-state index >= 15 is 0 Å². The van der Waals surface area contributed by atoms with Crippen LogP contribution in [0.1, 0.15) is 6.42 Å². The van der Waals surface area contributed by atoms with Crippen LogP contribution in [0.25, 0.3) is 0 Å². The van der Waals surface area contributed by atoms with Gasteiger partial charge in [-0.2, -0.15) is 0 Å². The van der Waals surface area contributed by atoms with E-state index in [-0.39, 0.29) is 32.7 Å². The van der Waals surface area contributed by atoms with Crippen molar-refractivity contribution in [3.63, 3.8) is 0 Å². The Morgan fingerprint density at radius 2 is 1.29 bits per heavy atom. The van der Waals surface area contributed by atoms with Crippen molar-refractivity contribution < 1.29 is 32.7 Å². The van der Waals surface area contributed by atoms with Crippen molar-refractivity contribution in [1.82, 2.24) is 0 Å². The maximum atomic E-state index is 2.26. The Bertz CT molecular complexity index is 243. The molecule has 0 amide bonds. The zero-order valence-corrected chi connectivity index (χ0v) is 11.1. The van der Waals surface area contributed by atoms with Crippen LogP contribution in [0.4, 0.5) is 0 Å². The number of rotatable bonds is 2. The molecule has 0 saturated carbocycles. The Labute approximate surface area is 112 Å². The fourth-order valence-electron chi connectivity index (χ4n) is 1.71. The molecule has 0 fully saturated rings. The van der Waals surface area contributed by atoms with E-state index in [4.69, 9.17) is 0 Å². The van der Waals surface area contributed by atoms with Gasteiger partial charge in [0.05, 0.1) is 0 Å². The van der Waals surface area contributed by atoms with Gasteiger partial charge in [-0.05, 0) is 0 Å². The minimum atomic E-state index is 0. The molecule has 0 spiro atoms. The zero-order chi connectivity index (χ0) is 8.93. The molecule has 0 bridgehead atoms. The van der Waals surface area contributed by atoms with Crippen LogP contribution < -0.4 is 0 Å². The Hall–Kier alpha value is -0.196. The molecule has 0 nitrogen and oxygen atoms in total. The summed E-state index contributed by atoms with van der Waals surface area (Å²) < 4.78 is 0. The molecule has 0 aromatic heterocycles. The average molecular weight is 259 g/mol. The molecule has 71 valence electrons. The molecule has 2 aliphatic carbocycles. The second-order valence-corrected chi connectivity index (χ2v) is 3.49. The van der Waals surface area contributed by atoms with Gasteiger partial charge in [-0.15, -0.1) is 24.3 Å². The van der Waals surface area contributed by atoms with Crippen molar-refractivity contribution in [2.24, 2.45) is 11.8 Å². The molecule has 1 radical (unpaired) electrons. The Morgan fingerprint density at radius 3 is 1.64 bits per heavy atom. The van der Waals surface area contributed by atoms with E-state index in [2.05, 4.69) is 61.4 Å². The molecule has 0 saturated heterocycles. The quantitative estimate of drug-likeness (QED) is 0.668. The second kappa shape index (κ2) is 6.32. The van der Waals surface area contributed by atoms with Crippen LogP contribution in [-0.2, 0) is 32.7 Å². The Balaban J connectivity index is 0.000000980. The van der Waals surface area contributed by atoms with Crippen LogP contribution in [0.15, 0.2) is 48.6 Å². The van der Waals surface area contributed by atoms with Gasteiger partial charge in [0, 0.05) is 32.7 Å². The van der Waals surface area contributed by atoms with Crippen LogP contribution in [0.2, 0.25) is 0 Å². The smallest absolute Gasteiger partial charge is 0 e. The average Bonchev–Trinajstić information content (AvgIpc) is 2.21. The maximum absolute atomic E-state index is 2.26. The molecular formula is C13H14Y-2. The van der Waals surface area contributed by atoms with Gasteiger partial charge in [0.1, 0.15) is 0 Å². The summed E-state index contributed by atoms with van der Waals surface area (Å²) in [7, 11) is 0. The Morgan fingerprint density at radius 1 is 0.786 bits per heavy atom. The second-order valence-electron chi connectivity index (χ2n) is 3.49. The van der Waals surface area contributed by atoms with Crippen molar-refractivity contribution in [3.8, 4) is 0 Å². The van der Waals surface area contributed by atoms with Crippen LogP contribution >= 0.6 is 0 Å². The molecule has 0 aromatic carbocycles. The molecule has 2 atom stereocenters. The van der Waals surface area contributed by atoms with Gasteiger partial charge in [0.25, 0.3) is 0 Å². The third kappa shape index (κ3) is 3.51. The third-order valence-corrected chi connectivity index (χ3v) is 2.42. The van der Waals surface area contributed by atoms with E-state index < -0.39 is 0 Å². The third-order valence-electron chi connectivity index (χ3n) is 2.42. The van der Waals surface area contributed by atoms with Gasteiger partial charge in [-0.3, -0.25) is 0 Å². The molecule has 0 aromatic rings. The summed E-state index contributed by atoms with van der Waals surface area (Å²) in [5.74, 6) is 1.23. The predicted octanol–water partition coefficient (Wildman–Crippen LogP) is 3.27. The van der Waals surface area contributed by atoms with Gasteiger partial charge < -0.3 is 0 Å². The van der Waals surface area contributed by atoms with E-state index in [9.17, 15) is 0 Å². The van der Waals surface area contributed by atoms with Crippen molar-refractivity contribution in [2.45, 2.75) is 6.42 Å². The number of hydrogen-bond acceptors (Lipinski definition) is 0. The Kier molecular flexibility index (Phi) is 5.36. The normalized spacial score (nSPS) is 27.7. The first kappa shape index (κ1) is 11.9. The zero-order valence-electron chi connectivity index (χ0n) is 8.21. The number of hydrogen-bond donors (Lipinski definition) is 0. The van der Waals surface area contributed by atoms with E-state index in [0.29, 0.717) is 11.8 Å². The van der Waals surface area contributed by atoms with E-state index in [1.807, 2.05) is 0 Å². The maximum Gasteiger partial charge on any atom is 0 e. The van der Waals surface area contributed by atoms with Crippen LogP contribution in [0.3, 0.4) is 0 Å². The molecule has 2 rings (SSSR count). The first-order valence-electron chi connectivity index (χ1n) is 4.82. The van der Waals surface area contributed by atoms with E-state index in [1.54, 1.807) is 0 Å². The topological polar surface area (TPSA) is 0 Å². The molecule has 2 unspecified atom stereocenters. The number of allylic oxidation sites excluding steroid dienone is 8. The fraction of sp³-hybridized carbons (Fsp3) is 0.231. The molecule has 0 N–H and O–H groups in total. The first-order chi connectivity index (χ1) is 6.45. The molecule has 0 aliphatic heterocycles. The first-order valence-corrected chi connectivity index (χ1v) is 4.82. The molecular weight excluding hydrogens is 245 g/mol. The van der Waals surface area contributed by atoms with E-state index in [1.165, 1.54) is 6.42 Å². The van der Waals surface area contributed by atoms with Crippen LogP contribution in [-0.4, -0.2) is 0 Å². The largest absolute Gasteiger partial charge is 0.228 e. The summed E-state index contributed by atoms with van der Waals surface area (Å²) in [5, 5.41) is 0. The van der Waals surface area contributed by atoms with Gasteiger partial charge in [0.15, 0.2) is 0 Å². The standard InChI is InChI=1S/C13H14.Y/c1-3-7-12(8-4-1)11-13-9-5-2-6-10-13;/h1-10,12-13H,11H2;/q-2;. The summed E-state index contributed by atoms with van der Waals surface area (Å²) in [4.78, 5) is 0. The van der Waals surface area contributed by atoms with Crippen molar-refractivity contribution in [2.75, 3.05) is 0 Å². The minimum absolute atomic E-state index is 0. The van der Waals surface area contributed by atoms with Crippen molar-refractivity contribution in [1.29, 1.82) is 0 Å².